The van der Waals surface area contributed by atoms with Crippen molar-refractivity contribution in [1.29, 1.82) is 0 Å². The van der Waals surface area contributed by atoms with E-state index in [1.807, 2.05) is 0 Å². The molecular weight excluding hydrogens is 122 g/mol. The molecule has 0 aliphatic rings. The zero-order chi connectivity index (χ0) is 6.69. The van der Waals surface area contributed by atoms with Crippen molar-refractivity contribution >= 4 is 5.82 Å². The highest BCUT2D eigenvalue weighted by Crippen LogP contribution is 1.99. The summed E-state index contributed by atoms with van der Waals surface area (Å²) in [5.41, 5.74) is 0. The zero-order valence-corrected chi connectivity index (χ0v) is 4.31. The average Bonchev–Trinajstić information content (AvgIpc) is 1.90. The van der Waals surface area contributed by atoms with Gasteiger partial charge in [-0.2, -0.15) is 0 Å². The van der Waals surface area contributed by atoms with Crippen molar-refractivity contribution in [3.63, 3.8) is 0 Å². The second-order valence-electron chi connectivity index (χ2n) is 1.27. The monoisotopic (exact) mass is 124 g/mol. The first-order valence-electron chi connectivity index (χ1n) is 2.14. The molecule has 1 rings (SSSR count). The maximum Gasteiger partial charge on any atom is 0.367 e. The maximum atomic E-state index is 9.90. The summed E-state index contributed by atoms with van der Waals surface area (Å²) in [7, 11) is 0. The first kappa shape index (κ1) is 5.61. The lowest BCUT2D eigenvalue weighted by Crippen LogP contribution is -1.90. The second kappa shape index (κ2) is 2.17. The van der Waals surface area contributed by atoms with Crippen LogP contribution < -0.4 is 0 Å². The van der Waals surface area contributed by atoms with Crippen molar-refractivity contribution in [2.75, 3.05) is 0 Å². The summed E-state index contributed by atoms with van der Waals surface area (Å²) in [6, 6.07) is 1.20. The fraction of sp³-hybridized carbons (Fsp3) is 0. The largest absolute Gasteiger partial charge is 0.367 e. The van der Waals surface area contributed by atoms with E-state index in [0.717, 1.165) is 0 Å². The summed E-state index contributed by atoms with van der Waals surface area (Å²) in [5, 5.41) is 9.90. The predicted octanol–water partition coefficient (Wildman–Crippen LogP) is 0.185. The topological polar surface area (TPSA) is 68.9 Å². The van der Waals surface area contributed by atoms with Gasteiger partial charge in [-0.25, -0.2) is 4.98 Å². The van der Waals surface area contributed by atoms with Gasteiger partial charge in [0.15, 0.2) is 0 Å². The first-order chi connectivity index (χ1) is 4.30. The number of rotatable bonds is 1. The highest BCUT2D eigenvalue weighted by molar-refractivity contribution is 5.12. The number of nitro groups is 1. The fourth-order valence-corrected chi connectivity index (χ4v) is 0.356. The maximum absolute atomic E-state index is 9.90. The fourth-order valence-electron chi connectivity index (χ4n) is 0.356. The summed E-state index contributed by atoms with van der Waals surface area (Å²) < 4.78 is 0. The van der Waals surface area contributed by atoms with E-state index in [-0.39, 0.29) is 5.82 Å². The summed E-state index contributed by atoms with van der Waals surface area (Å²) in [5.74, 6) is -0.231. The number of hydrogen-bond donors (Lipinski definition) is 0. The van der Waals surface area contributed by atoms with Crippen LogP contribution in [0.25, 0.3) is 0 Å². The summed E-state index contributed by atoms with van der Waals surface area (Å²) in [6.07, 6.45) is 3.37. The van der Waals surface area contributed by atoms with Gasteiger partial charge in [-0.1, -0.05) is 0 Å². The van der Waals surface area contributed by atoms with E-state index >= 15 is 0 Å². The van der Waals surface area contributed by atoms with Crippen LogP contribution in [-0.2, 0) is 0 Å². The normalized spacial score (nSPS) is 8.89. The van der Waals surface area contributed by atoms with E-state index in [4.69, 9.17) is 0 Å². The Balaban J connectivity index is 2.98. The van der Waals surface area contributed by atoms with Crippen LogP contribution in [0.5, 0.6) is 0 Å². The third-order valence-electron chi connectivity index (χ3n) is 0.707. The van der Waals surface area contributed by atoms with E-state index in [9.17, 15) is 10.1 Å². The standard InChI is InChI=1S/C4H2N3O2/c8-7(9)4-1-2-5-3-6-4/h1-2H. The molecule has 0 amide bonds. The lowest BCUT2D eigenvalue weighted by molar-refractivity contribution is -0.389. The van der Waals surface area contributed by atoms with Gasteiger partial charge in [-0.05, 0) is 9.91 Å². The SMILES string of the molecule is O=[N+]([O-])c1ccn[c]n1. The minimum atomic E-state index is -0.599. The lowest BCUT2D eigenvalue weighted by Gasteiger charge is -1.85. The Morgan fingerprint density at radius 2 is 2.56 bits per heavy atom. The quantitative estimate of drug-likeness (QED) is 0.395. The number of nitrogens with zero attached hydrogens (tertiary/aromatic N) is 3. The Hall–Kier alpha value is -1.52. The van der Waals surface area contributed by atoms with Crippen LogP contribution in [0.15, 0.2) is 12.3 Å². The molecule has 0 fully saturated rings. The second-order valence-corrected chi connectivity index (χ2v) is 1.27. The van der Waals surface area contributed by atoms with Crippen LogP contribution in [0.3, 0.4) is 0 Å². The van der Waals surface area contributed by atoms with E-state index in [0.29, 0.717) is 0 Å². The zero-order valence-electron chi connectivity index (χ0n) is 4.31. The van der Waals surface area contributed by atoms with Gasteiger partial charge in [0.2, 0.25) is 0 Å². The smallest absolute Gasteiger partial charge is 0.358 e. The molecule has 0 aliphatic heterocycles. The molecule has 1 radical (unpaired) electrons. The molecule has 1 aromatic rings. The lowest BCUT2D eigenvalue weighted by atomic mass is 10.6. The molecule has 0 bridgehead atoms. The van der Waals surface area contributed by atoms with E-state index < -0.39 is 4.92 Å². The molecule has 9 heavy (non-hydrogen) atoms. The van der Waals surface area contributed by atoms with Crippen LogP contribution in [0.2, 0.25) is 0 Å². The molecule has 0 atom stereocenters. The molecule has 0 saturated heterocycles. The van der Waals surface area contributed by atoms with Gasteiger partial charge in [0.25, 0.3) is 0 Å². The van der Waals surface area contributed by atoms with Gasteiger partial charge < -0.3 is 10.1 Å². The Labute approximate surface area is 50.5 Å². The van der Waals surface area contributed by atoms with Crippen molar-refractivity contribution in [3.8, 4) is 0 Å². The first-order valence-corrected chi connectivity index (χ1v) is 2.14. The number of hydrogen-bond acceptors (Lipinski definition) is 4. The van der Waals surface area contributed by atoms with Crippen LogP contribution in [-0.4, -0.2) is 14.9 Å². The third kappa shape index (κ3) is 1.18. The predicted molar refractivity (Wildman–Crippen MR) is 27.5 cm³/mol. The van der Waals surface area contributed by atoms with Gasteiger partial charge in [0, 0.05) is 6.20 Å². The highest BCUT2D eigenvalue weighted by atomic mass is 16.6. The van der Waals surface area contributed by atoms with Crippen molar-refractivity contribution in [1.82, 2.24) is 9.97 Å². The molecule has 0 unspecified atom stereocenters. The van der Waals surface area contributed by atoms with Gasteiger partial charge in [-0.3, -0.25) is 0 Å². The Kier molecular flexibility index (Phi) is 1.35. The van der Waals surface area contributed by atoms with Crippen molar-refractivity contribution in [2.24, 2.45) is 0 Å². The van der Waals surface area contributed by atoms with Crippen molar-refractivity contribution in [2.45, 2.75) is 0 Å². The molecule has 5 nitrogen and oxygen atoms in total. The van der Waals surface area contributed by atoms with Crippen LogP contribution in [0.4, 0.5) is 5.82 Å². The molecule has 1 aromatic heterocycles. The van der Waals surface area contributed by atoms with Gasteiger partial charge in [-0.15, -0.1) is 0 Å². The highest BCUT2D eigenvalue weighted by Gasteiger charge is 2.01. The van der Waals surface area contributed by atoms with E-state index in [1.54, 1.807) is 0 Å². The molecule has 0 aliphatic carbocycles. The van der Waals surface area contributed by atoms with Gasteiger partial charge in [0.05, 0.1) is 6.07 Å². The Bertz CT molecular complexity index is 210. The van der Waals surface area contributed by atoms with E-state index in [2.05, 4.69) is 16.3 Å². The van der Waals surface area contributed by atoms with E-state index in [1.165, 1.54) is 12.3 Å². The van der Waals surface area contributed by atoms with Gasteiger partial charge >= 0.3 is 12.1 Å². The molecule has 5 heteroatoms. The van der Waals surface area contributed by atoms with Crippen molar-refractivity contribution < 1.29 is 4.92 Å². The summed E-state index contributed by atoms with van der Waals surface area (Å²) >= 11 is 0. The van der Waals surface area contributed by atoms with Gasteiger partial charge in [0.1, 0.15) is 0 Å². The number of aromatic nitrogens is 2. The molecule has 45 valence electrons. The molecule has 0 aromatic carbocycles. The molecule has 0 N–H and O–H groups in total. The van der Waals surface area contributed by atoms with Crippen LogP contribution in [0, 0.1) is 16.4 Å². The molecule has 1 heterocycles. The minimum absolute atomic E-state index is 0.231. The van der Waals surface area contributed by atoms with Crippen molar-refractivity contribution in [3.05, 3.63) is 28.7 Å². The summed E-state index contributed by atoms with van der Waals surface area (Å²) in [4.78, 5) is 15.9. The van der Waals surface area contributed by atoms with Crippen LogP contribution in [0.1, 0.15) is 0 Å². The Morgan fingerprint density at radius 3 is 2.89 bits per heavy atom. The molecular formula is C4H2N3O2. The molecule has 0 spiro atoms. The Morgan fingerprint density at radius 1 is 1.78 bits per heavy atom. The summed E-state index contributed by atoms with van der Waals surface area (Å²) in [6.45, 7) is 0. The minimum Gasteiger partial charge on any atom is -0.358 e. The average molecular weight is 124 g/mol. The molecule has 0 saturated carbocycles. The third-order valence-corrected chi connectivity index (χ3v) is 0.707. The van der Waals surface area contributed by atoms with Crippen LogP contribution >= 0.6 is 0 Å².